The molecule has 0 bridgehead atoms. The van der Waals surface area contributed by atoms with Crippen LogP contribution in [-0.2, 0) is 28.6 Å². The van der Waals surface area contributed by atoms with Gasteiger partial charge in [0.05, 0.1) is 0 Å². The summed E-state index contributed by atoms with van der Waals surface area (Å²) in [7, 11) is 0. The third kappa shape index (κ3) is 49.4. The van der Waals surface area contributed by atoms with Gasteiger partial charge in [0.15, 0.2) is 6.10 Å². The van der Waals surface area contributed by atoms with E-state index in [1.54, 1.807) is 0 Å². The van der Waals surface area contributed by atoms with Gasteiger partial charge in [-0.2, -0.15) is 0 Å². The number of carbonyl (C=O) groups excluding carboxylic acids is 3. The maximum absolute atomic E-state index is 12.7. The van der Waals surface area contributed by atoms with Crippen molar-refractivity contribution < 1.29 is 28.6 Å². The highest BCUT2D eigenvalue weighted by molar-refractivity contribution is 5.71. The molecule has 6 heteroatoms. The third-order valence-electron chi connectivity index (χ3n) is 12.9. The average molecular weight is 877 g/mol. The van der Waals surface area contributed by atoms with Gasteiger partial charge in [-0.1, -0.05) is 284 Å². The molecule has 0 rings (SSSR count). The minimum Gasteiger partial charge on any atom is -0.462 e. The Hall–Kier alpha value is -1.59. The Morgan fingerprint density at radius 1 is 0.258 bits per heavy atom. The molecule has 0 aromatic carbocycles. The van der Waals surface area contributed by atoms with Crippen LogP contribution in [0, 0.1) is 0 Å². The molecule has 0 saturated carbocycles. The molecule has 0 radical (unpaired) electrons. The fraction of sp³-hybridized carbons (Fsp3) is 0.946. The van der Waals surface area contributed by atoms with E-state index >= 15 is 0 Å². The van der Waals surface area contributed by atoms with Crippen LogP contribution in [0.5, 0.6) is 0 Å². The highest BCUT2D eigenvalue weighted by Crippen LogP contribution is 2.18. The largest absolute Gasteiger partial charge is 0.462 e. The van der Waals surface area contributed by atoms with Gasteiger partial charge in [-0.15, -0.1) is 0 Å². The number of hydrogen-bond donors (Lipinski definition) is 0. The van der Waals surface area contributed by atoms with Crippen molar-refractivity contribution in [2.24, 2.45) is 0 Å². The number of hydrogen-bond acceptors (Lipinski definition) is 6. The molecule has 0 aliphatic carbocycles. The van der Waals surface area contributed by atoms with Gasteiger partial charge < -0.3 is 14.2 Å². The first kappa shape index (κ1) is 60.4. The summed E-state index contributed by atoms with van der Waals surface area (Å²) in [6, 6.07) is 0. The van der Waals surface area contributed by atoms with Crippen molar-refractivity contribution >= 4 is 17.9 Å². The molecule has 1 atom stereocenters. The minimum absolute atomic E-state index is 0.0629. The van der Waals surface area contributed by atoms with Crippen LogP contribution < -0.4 is 0 Å². The fourth-order valence-electron chi connectivity index (χ4n) is 8.62. The number of unbranched alkanes of at least 4 members (excludes halogenated alkanes) is 41. The summed E-state index contributed by atoms with van der Waals surface area (Å²) >= 11 is 0. The Kier molecular flexibility index (Phi) is 50.7. The predicted octanol–water partition coefficient (Wildman–Crippen LogP) is 18.4. The van der Waals surface area contributed by atoms with E-state index in [-0.39, 0.29) is 31.1 Å². The van der Waals surface area contributed by atoms with Crippen LogP contribution in [0.4, 0.5) is 0 Å². The lowest BCUT2D eigenvalue weighted by atomic mass is 10.0. The second-order valence-corrected chi connectivity index (χ2v) is 19.2. The zero-order chi connectivity index (χ0) is 45.1. The van der Waals surface area contributed by atoms with E-state index in [2.05, 4.69) is 20.8 Å². The van der Waals surface area contributed by atoms with E-state index in [1.807, 2.05) is 0 Å². The monoisotopic (exact) mass is 877 g/mol. The molecule has 0 aromatic heterocycles. The molecule has 0 aliphatic rings. The summed E-state index contributed by atoms with van der Waals surface area (Å²) in [5.74, 6) is -0.853. The SMILES string of the molecule is CCCCCCCCCCCCCCCCCCCCCCCCCCCCCCC(=O)OCC(COC(=O)CCCCCCCCCC)OC(=O)CCCCCCCCCC. The van der Waals surface area contributed by atoms with Gasteiger partial charge in [-0.25, -0.2) is 0 Å². The molecule has 0 amide bonds. The zero-order valence-electron chi connectivity index (χ0n) is 42.2. The molecule has 1 unspecified atom stereocenters. The smallest absolute Gasteiger partial charge is 0.306 e. The van der Waals surface area contributed by atoms with Crippen molar-refractivity contribution in [2.75, 3.05) is 13.2 Å². The van der Waals surface area contributed by atoms with Crippen LogP contribution >= 0.6 is 0 Å². The Labute approximate surface area is 387 Å². The van der Waals surface area contributed by atoms with E-state index in [0.717, 1.165) is 57.8 Å². The van der Waals surface area contributed by atoms with Crippen LogP contribution in [0.25, 0.3) is 0 Å². The van der Waals surface area contributed by atoms with Gasteiger partial charge in [0.25, 0.3) is 0 Å². The summed E-state index contributed by atoms with van der Waals surface area (Å²) < 4.78 is 16.7. The molecule has 62 heavy (non-hydrogen) atoms. The zero-order valence-corrected chi connectivity index (χ0v) is 42.2. The maximum Gasteiger partial charge on any atom is 0.306 e. The van der Waals surface area contributed by atoms with Gasteiger partial charge in [0.1, 0.15) is 13.2 Å². The number of ether oxygens (including phenoxy) is 3. The Morgan fingerprint density at radius 3 is 0.645 bits per heavy atom. The molecular weight excluding hydrogens is 769 g/mol. The predicted molar refractivity (Wildman–Crippen MR) is 266 cm³/mol. The van der Waals surface area contributed by atoms with E-state index in [9.17, 15) is 14.4 Å². The van der Waals surface area contributed by atoms with Crippen LogP contribution in [0.15, 0.2) is 0 Å². The Balaban J connectivity index is 3.90. The van der Waals surface area contributed by atoms with Crippen molar-refractivity contribution in [1.29, 1.82) is 0 Å². The molecule has 0 aromatic rings. The Morgan fingerprint density at radius 2 is 0.435 bits per heavy atom. The Bertz CT molecular complexity index is 920. The summed E-state index contributed by atoms with van der Waals surface area (Å²) in [5, 5.41) is 0. The first-order valence-electron chi connectivity index (χ1n) is 28.0. The van der Waals surface area contributed by atoms with Crippen molar-refractivity contribution in [1.82, 2.24) is 0 Å². The highest BCUT2D eigenvalue weighted by Gasteiger charge is 2.19. The summed E-state index contributed by atoms with van der Waals surface area (Å²) in [6.45, 7) is 6.62. The van der Waals surface area contributed by atoms with Crippen molar-refractivity contribution in [2.45, 2.75) is 329 Å². The quantitative estimate of drug-likeness (QED) is 0.0344. The molecule has 0 spiro atoms. The van der Waals surface area contributed by atoms with Gasteiger partial charge in [-0.3, -0.25) is 14.4 Å². The highest BCUT2D eigenvalue weighted by atomic mass is 16.6. The second kappa shape index (κ2) is 52.0. The normalized spacial score (nSPS) is 11.9. The molecule has 6 nitrogen and oxygen atoms in total. The lowest BCUT2D eigenvalue weighted by Crippen LogP contribution is -2.30. The third-order valence-corrected chi connectivity index (χ3v) is 12.9. The van der Waals surface area contributed by atoms with Crippen LogP contribution in [-0.4, -0.2) is 37.2 Å². The lowest BCUT2D eigenvalue weighted by Gasteiger charge is -2.18. The summed E-state index contributed by atoms with van der Waals surface area (Å²) in [6.07, 6.45) is 57.2. The fourth-order valence-corrected chi connectivity index (χ4v) is 8.62. The van der Waals surface area contributed by atoms with Crippen LogP contribution in [0.3, 0.4) is 0 Å². The van der Waals surface area contributed by atoms with E-state index < -0.39 is 6.10 Å². The van der Waals surface area contributed by atoms with Crippen LogP contribution in [0.2, 0.25) is 0 Å². The molecule has 0 heterocycles. The molecular formula is C56H108O6. The topological polar surface area (TPSA) is 78.9 Å². The summed E-state index contributed by atoms with van der Waals surface area (Å²) in [4.78, 5) is 37.7. The van der Waals surface area contributed by atoms with Crippen molar-refractivity contribution in [3.8, 4) is 0 Å². The van der Waals surface area contributed by atoms with Gasteiger partial charge in [0, 0.05) is 19.3 Å². The van der Waals surface area contributed by atoms with Gasteiger partial charge >= 0.3 is 17.9 Å². The van der Waals surface area contributed by atoms with Crippen molar-refractivity contribution in [3.63, 3.8) is 0 Å². The lowest BCUT2D eigenvalue weighted by molar-refractivity contribution is -0.167. The molecule has 0 aliphatic heterocycles. The molecule has 0 fully saturated rings. The number of carbonyl (C=O) groups is 3. The maximum atomic E-state index is 12.7. The number of rotatable bonds is 52. The molecule has 0 saturated heterocycles. The average Bonchev–Trinajstić information content (AvgIpc) is 3.27. The molecule has 0 N–H and O–H groups in total. The van der Waals surface area contributed by atoms with E-state index in [0.29, 0.717) is 19.3 Å². The first-order valence-corrected chi connectivity index (χ1v) is 28.0. The standard InChI is InChI=1S/C56H108O6/c1-4-7-10-13-16-19-20-21-22-23-24-25-26-27-28-29-30-31-32-33-34-35-36-37-38-41-43-46-49-55(58)61-52-53(62-56(59)50-47-44-40-18-15-12-9-6-3)51-60-54(57)48-45-42-39-17-14-11-8-5-2/h53H,4-52H2,1-3H3. The molecule has 368 valence electrons. The minimum atomic E-state index is -0.758. The first-order chi connectivity index (χ1) is 30.5. The summed E-state index contributed by atoms with van der Waals surface area (Å²) in [5.41, 5.74) is 0. The van der Waals surface area contributed by atoms with E-state index in [4.69, 9.17) is 14.2 Å². The van der Waals surface area contributed by atoms with E-state index in [1.165, 1.54) is 225 Å². The van der Waals surface area contributed by atoms with Crippen molar-refractivity contribution in [3.05, 3.63) is 0 Å². The van der Waals surface area contributed by atoms with Crippen LogP contribution in [0.1, 0.15) is 323 Å². The van der Waals surface area contributed by atoms with Gasteiger partial charge in [-0.05, 0) is 19.3 Å². The van der Waals surface area contributed by atoms with Gasteiger partial charge in [0.2, 0.25) is 0 Å². The second-order valence-electron chi connectivity index (χ2n) is 19.2. The number of esters is 3.